The maximum Gasteiger partial charge on any atom is 0.271 e. The summed E-state index contributed by atoms with van der Waals surface area (Å²) in [4.78, 5) is 0.941. The van der Waals surface area contributed by atoms with Gasteiger partial charge in [0.2, 0.25) is 5.82 Å². The summed E-state index contributed by atoms with van der Waals surface area (Å²) < 4.78 is 27.4. The number of hydrogen-bond donors (Lipinski definition) is 2. The number of aromatic nitrogens is 4. The minimum Gasteiger partial charge on any atom is -0.279 e. The molecule has 0 spiro atoms. The van der Waals surface area contributed by atoms with E-state index in [2.05, 4.69) is 25.3 Å². The van der Waals surface area contributed by atoms with E-state index >= 15 is 0 Å². The zero-order chi connectivity index (χ0) is 14.9. The number of benzene rings is 1. The predicted octanol–water partition coefficient (Wildman–Crippen LogP) is 2.04. The third kappa shape index (κ3) is 2.93. The van der Waals surface area contributed by atoms with E-state index in [1.165, 1.54) is 11.3 Å². The van der Waals surface area contributed by atoms with E-state index in [0.29, 0.717) is 17.1 Å². The Morgan fingerprint density at radius 3 is 2.76 bits per heavy atom. The van der Waals surface area contributed by atoms with Crippen LogP contribution in [0.15, 0.2) is 40.6 Å². The maximum absolute atomic E-state index is 12.3. The van der Waals surface area contributed by atoms with Gasteiger partial charge in [-0.05, 0) is 36.4 Å². The molecule has 3 aromatic rings. The first-order valence-electron chi connectivity index (χ1n) is 5.98. The molecule has 0 atom stereocenters. The first kappa shape index (κ1) is 13.7. The van der Waals surface area contributed by atoms with Crippen molar-refractivity contribution in [2.24, 2.45) is 0 Å². The highest BCUT2D eigenvalue weighted by molar-refractivity contribution is 7.94. The van der Waals surface area contributed by atoms with Gasteiger partial charge in [0, 0.05) is 16.1 Å². The fourth-order valence-corrected chi connectivity index (χ4v) is 4.10. The molecule has 2 heterocycles. The average molecular weight is 321 g/mol. The highest BCUT2D eigenvalue weighted by atomic mass is 32.2. The molecule has 21 heavy (non-hydrogen) atoms. The molecule has 0 bridgehead atoms. The molecule has 0 saturated carbocycles. The Bertz CT molecular complexity index is 855. The number of nitrogens with zero attached hydrogens (tertiary/aromatic N) is 3. The Morgan fingerprint density at radius 1 is 1.24 bits per heavy atom. The molecular formula is C12H11N5O2S2. The van der Waals surface area contributed by atoms with Crippen molar-refractivity contribution in [1.29, 1.82) is 0 Å². The third-order valence-corrected chi connectivity index (χ3v) is 5.57. The molecule has 0 saturated heterocycles. The second kappa shape index (κ2) is 5.26. The normalized spacial score (nSPS) is 11.5. The topological polar surface area (TPSA) is 101 Å². The molecule has 1 aromatic carbocycles. The zero-order valence-electron chi connectivity index (χ0n) is 10.9. The van der Waals surface area contributed by atoms with Crippen LogP contribution in [0.3, 0.4) is 0 Å². The molecular weight excluding hydrogens is 310 g/mol. The number of hydrogen-bond acceptors (Lipinski definition) is 6. The van der Waals surface area contributed by atoms with Gasteiger partial charge in [0.15, 0.2) is 0 Å². The lowest BCUT2D eigenvalue weighted by atomic mass is 10.2. The lowest BCUT2D eigenvalue weighted by molar-refractivity contribution is 0.603. The summed E-state index contributed by atoms with van der Waals surface area (Å²) in [5.41, 5.74) is 1.12. The first-order chi connectivity index (χ1) is 10.0. The van der Waals surface area contributed by atoms with Crippen LogP contribution >= 0.6 is 11.3 Å². The Balaban J connectivity index is 1.90. The summed E-state index contributed by atoms with van der Waals surface area (Å²) in [6, 6.07) is 10.2. The minimum absolute atomic E-state index is 0.282. The number of aryl methyl sites for hydroxylation is 1. The van der Waals surface area contributed by atoms with E-state index in [-0.39, 0.29) is 4.21 Å². The molecule has 0 fully saturated rings. The standard InChI is InChI=1S/C12H11N5O2S2/c1-8-5-6-11(20-8)21(18,19)15-10-4-2-3-9(7-10)12-13-16-17-14-12/h2-7,15H,1H3,(H,13,14,16,17). The van der Waals surface area contributed by atoms with Crippen LogP contribution in [-0.4, -0.2) is 29.0 Å². The van der Waals surface area contributed by atoms with Gasteiger partial charge in [-0.25, -0.2) is 8.42 Å². The molecule has 7 nitrogen and oxygen atoms in total. The van der Waals surface area contributed by atoms with Crippen LogP contribution in [0.25, 0.3) is 11.4 Å². The fourth-order valence-electron chi connectivity index (χ4n) is 1.77. The quantitative estimate of drug-likeness (QED) is 0.766. The number of anilines is 1. The second-order valence-electron chi connectivity index (χ2n) is 4.29. The summed E-state index contributed by atoms with van der Waals surface area (Å²) in [6.07, 6.45) is 0. The number of nitrogens with one attached hydrogen (secondary N) is 2. The Hall–Kier alpha value is -2.26. The van der Waals surface area contributed by atoms with Crippen LogP contribution in [0, 0.1) is 6.92 Å². The van der Waals surface area contributed by atoms with Crippen LogP contribution in [0.2, 0.25) is 0 Å². The second-order valence-corrected chi connectivity index (χ2v) is 7.48. The van der Waals surface area contributed by atoms with Crippen molar-refractivity contribution in [2.75, 3.05) is 4.72 Å². The lowest BCUT2D eigenvalue weighted by Gasteiger charge is -2.06. The smallest absolute Gasteiger partial charge is 0.271 e. The maximum atomic E-state index is 12.3. The van der Waals surface area contributed by atoms with Gasteiger partial charge in [-0.3, -0.25) is 4.72 Å². The molecule has 0 amide bonds. The van der Waals surface area contributed by atoms with Crippen molar-refractivity contribution in [3.8, 4) is 11.4 Å². The molecule has 2 aromatic heterocycles. The lowest BCUT2D eigenvalue weighted by Crippen LogP contribution is -2.11. The predicted molar refractivity (Wildman–Crippen MR) is 79.5 cm³/mol. The molecule has 0 aliphatic heterocycles. The van der Waals surface area contributed by atoms with E-state index in [4.69, 9.17) is 0 Å². The first-order valence-corrected chi connectivity index (χ1v) is 8.28. The number of aromatic amines is 1. The largest absolute Gasteiger partial charge is 0.279 e. The van der Waals surface area contributed by atoms with Crippen molar-refractivity contribution in [3.05, 3.63) is 41.3 Å². The molecule has 0 aliphatic rings. The number of rotatable bonds is 4. The SMILES string of the molecule is Cc1ccc(S(=O)(=O)Nc2cccc(-c3nn[nH]n3)c2)s1. The van der Waals surface area contributed by atoms with E-state index < -0.39 is 10.0 Å². The summed E-state index contributed by atoms with van der Waals surface area (Å²) in [5.74, 6) is 0.406. The van der Waals surface area contributed by atoms with E-state index in [1.807, 2.05) is 6.92 Å². The van der Waals surface area contributed by atoms with Crippen molar-refractivity contribution in [1.82, 2.24) is 20.6 Å². The molecule has 3 rings (SSSR count). The third-order valence-electron chi connectivity index (χ3n) is 2.70. The Labute approximate surface area is 125 Å². The van der Waals surface area contributed by atoms with Crippen molar-refractivity contribution in [2.45, 2.75) is 11.1 Å². The summed E-state index contributed by atoms with van der Waals surface area (Å²) in [5, 5.41) is 13.6. The summed E-state index contributed by atoms with van der Waals surface area (Å²) in [7, 11) is -3.57. The van der Waals surface area contributed by atoms with E-state index in [1.54, 1.807) is 36.4 Å². The van der Waals surface area contributed by atoms with Gasteiger partial charge < -0.3 is 0 Å². The van der Waals surface area contributed by atoms with Crippen molar-refractivity contribution < 1.29 is 8.42 Å². The summed E-state index contributed by atoms with van der Waals surface area (Å²) in [6.45, 7) is 1.86. The average Bonchev–Trinajstić information content (AvgIpc) is 3.09. The van der Waals surface area contributed by atoms with E-state index in [9.17, 15) is 8.42 Å². The molecule has 9 heteroatoms. The number of H-pyrrole nitrogens is 1. The number of thiophene rings is 1. The zero-order valence-corrected chi connectivity index (χ0v) is 12.6. The van der Waals surface area contributed by atoms with Crippen LogP contribution in [0.5, 0.6) is 0 Å². The van der Waals surface area contributed by atoms with Gasteiger partial charge in [0.05, 0.1) is 0 Å². The molecule has 0 unspecified atom stereocenters. The Morgan fingerprint density at radius 2 is 2.10 bits per heavy atom. The van der Waals surface area contributed by atoms with Crippen molar-refractivity contribution in [3.63, 3.8) is 0 Å². The minimum atomic E-state index is -3.57. The summed E-state index contributed by atoms with van der Waals surface area (Å²) >= 11 is 1.23. The van der Waals surface area contributed by atoms with Crippen LogP contribution in [0.4, 0.5) is 5.69 Å². The van der Waals surface area contributed by atoms with Gasteiger partial charge in [0.1, 0.15) is 4.21 Å². The van der Waals surface area contributed by atoms with Crippen molar-refractivity contribution >= 4 is 27.0 Å². The molecule has 108 valence electrons. The van der Waals surface area contributed by atoms with Crippen LogP contribution in [-0.2, 0) is 10.0 Å². The van der Waals surface area contributed by atoms with Gasteiger partial charge in [-0.15, -0.1) is 21.5 Å². The monoisotopic (exact) mass is 321 g/mol. The van der Waals surface area contributed by atoms with Crippen LogP contribution < -0.4 is 4.72 Å². The Kier molecular flexibility index (Phi) is 3.43. The van der Waals surface area contributed by atoms with Crippen LogP contribution in [0.1, 0.15) is 4.88 Å². The van der Waals surface area contributed by atoms with E-state index in [0.717, 1.165) is 4.88 Å². The van der Waals surface area contributed by atoms with Gasteiger partial charge in [-0.2, -0.15) is 5.21 Å². The van der Waals surface area contributed by atoms with Gasteiger partial charge in [-0.1, -0.05) is 12.1 Å². The number of sulfonamides is 1. The van der Waals surface area contributed by atoms with Gasteiger partial charge in [0.25, 0.3) is 10.0 Å². The highest BCUT2D eigenvalue weighted by Gasteiger charge is 2.16. The van der Waals surface area contributed by atoms with Gasteiger partial charge >= 0.3 is 0 Å². The molecule has 0 aliphatic carbocycles. The number of tetrazole rings is 1. The highest BCUT2D eigenvalue weighted by Crippen LogP contribution is 2.25. The molecule has 0 radical (unpaired) electrons. The molecule has 2 N–H and O–H groups in total. The fraction of sp³-hybridized carbons (Fsp3) is 0.0833.